The van der Waals surface area contributed by atoms with Gasteiger partial charge in [0.2, 0.25) is 0 Å². The monoisotopic (exact) mass is 367 g/mol. The first kappa shape index (κ1) is 17.3. The number of carbonyl (C=O) groups is 1. The first-order chi connectivity index (χ1) is 13.0. The largest absolute Gasteiger partial charge is 0.387 e. The number of anilines is 1. The molecule has 27 heavy (non-hydrogen) atoms. The first-order valence-electron chi connectivity index (χ1n) is 8.96. The van der Waals surface area contributed by atoms with Crippen LogP contribution in [0.25, 0.3) is 10.9 Å². The molecule has 0 aliphatic heterocycles. The number of hydrogen-bond acceptors (Lipinski definition) is 4. The van der Waals surface area contributed by atoms with Crippen LogP contribution in [0.5, 0.6) is 0 Å². The van der Waals surface area contributed by atoms with E-state index < -0.39 is 17.7 Å². The van der Waals surface area contributed by atoms with Crippen molar-refractivity contribution in [2.75, 3.05) is 5.32 Å². The second-order valence-corrected chi connectivity index (χ2v) is 6.95. The Morgan fingerprint density at radius 1 is 1.19 bits per heavy atom. The van der Waals surface area contributed by atoms with Gasteiger partial charge < -0.3 is 10.4 Å². The maximum Gasteiger partial charge on any atom is 0.320 e. The Hall–Kier alpha value is -3.13. The Kier molecular flexibility index (Phi) is 4.41. The molecule has 8 heteroatoms. The zero-order chi connectivity index (χ0) is 18.9. The van der Waals surface area contributed by atoms with Crippen molar-refractivity contribution in [1.82, 2.24) is 20.5 Å². The smallest absolute Gasteiger partial charge is 0.320 e. The molecule has 8 nitrogen and oxygen atoms in total. The highest BCUT2D eigenvalue weighted by Gasteiger charge is 2.41. The molecular formula is C19H21N5O3. The maximum absolute atomic E-state index is 12.6. The van der Waals surface area contributed by atoms with Crippen LogP contribution in [0.2, 0.25) is 0 Å². The summed E-state index contributed by atoms with van der Waals surface area (Å²) in [6.45, 7) is 0. The second-order valence-electron chi connectivity index (χ2n) is 6.95. The standard InChI is InChI=1S/C19H21N5O3/c25-17-13-11-20-15(10-14(13)23-24-17)21-18(26)22-16(12-6-2-1-3-7-12)19(27)8-4-5-9-19/h1-3,6-7,10-11,16,27H,4-5,8-9H2,(H2,23,24,25)(H2,20,21,22,26)/t16-/m0/s1. The molecule has 2 aromatic heterocycles. The number of benzene rings is 1. The van der Waals surface area contributed by atoms with Gasteiger partial charge in [0.05, 0.1) is 22.5 Å². The SMILES string of the molecule is O=C(Nc1cc2[nH][nH]c(=O)c2cn1)N[C@@H](c1ccccc1)C1(O)CCCC1. The lowest BCUT2D eigenvalue weighted by Gasteiger charge is -2.33. The van der Waals surface area contributed by atoms with Crippen LogP contribution in [-0.4, -0.2) is 31.9 Å². The zero-order valence-electron chi connectivity index (χ0n) is 14.7. The highest BCUT2D eigenvalue weighted by atomic mass is 16.3. The molecule has 1 saturated carbocycles. The Morgan fingerprint density at radius 2 is 1.93 bits per heavy atom. The molecule has 1 aliphatic rings. The summed E-state index contributed by atoms with van der Waals surface area (Å²) in [5.74, 6) is 0.306. The molecule has 0 radical (unpaired) electrons. The lowest BCUT2D eigenvalue weighted by Crippen LogP contribution is -2.45. The van der Waals surface area contributed by atoms with Crippen molar-refractivity contribution in [3.8, 4) is 0 Å². The Bertz CT molecular complexity index is 1000. The van der Waals surface area contributed by atoms with E-state index in [-0.39, 0.29) is 5.56 Å². The molecule has 0 saturated heterocycles. The summed E-state index contributed by atoms with van der Waals surface area (Å²) in [4.78, 5) is 28.2. The number of rotatable bonds is 4. The molecule has 0 unspecified atom stereocenters. The van der Waals surface area contributed by atoms with Crippen LogP contribution in [0, 0.1) is 0 Å². The van der Waals surface area contributed by atoms with Gasteiger partial charge in [0.25, 0.3) is 5.56 Å². The number of H-pyrrole nitrogens is 2. The van der Waals surface area contributed by atoms with Gasteiger partial charge in [0.1, 0.15) is 5.82 Å². The van der Waals surface area contributed by atoms with Gasteiger partial charge in [0, 0.05) is 12.3 Å². The molecular weight excluding hydrogens is 346 g/mol. The molecule has 1 aliphatic carbocycles. The minimum atomic E-state index is -0.970. The van der Waals surface area contributed by atoms with Crippen molar-refractivity contribution in [2.45, 2.75) is 37.3 Å². The van der Waals surface area contributed by atoms with Crippen LogP contribution in [0.1, 0.15) is 37.3 Å². The summed E-state index contributed by atoms with van der Waals surface area (Å²) in [7, 11) is 0. The van der Waals surface area contributed by atoms with Crippen LogP contribution < -0.4 is 16.2 Å². The highest BCUT2D eigenvalue weighted by molar-refractivity contribution is 5.91. The summed E-state index contributed by atoms with van der Waals surface area (Å²) in [6.07, 6.45) is 4.55. The number of pyridine rings is 1. The van der Waals surface area contributed by atoms with Crippen LogP contribution in [0.3, 0.4) is 0 Å². The fraction of sp³-hybridized carbons (Fsp3) is 0.316. The van der Waals surface area contributed by atoms with Gasteiger partial charge in [-0.3, -0.25) is 20.3 Å². The molecule has 1 fully saturated rings. The van der Waals surface area contributed by atoms with E-state index in [2.05, 4.69) is 25.8 Å². The number of aliphatic hydroxyl groups is 1. The lowest BCUT2D eigenvalue weighted by atomic mass is 9.87. The minimum Gasteiger partial charge on any atom is -0.387 e. The molecule has 1 atom stereocenters. The summed E-state index contributed by atoms with van der Waals surface area (Å²) in [6, 6.07) is 10.1. The van der Waals surface area contributed by atoms with E-state index in [0.717, 1.165) is 18.4 Å². The normalized spacial score (nSPS) is 16.9. The number of amides is 2. The van der Waals surface area contributed by atoms with Crippen molar-refractivity contribution >= 4 is 22.8 Å². The van der Waals surface area contributed by atoms with Gasteiger partial charge >= 0.3 is 6.03 Å². The van der Waals surface area contributed by atoms with E-state index in [0.29, 0.717) is 29.6 Å². The fourth-order valence-electron chi connectivity index (χ4n) is 3.73. The summed E-state index contributed by atoms with van der Waals surface area (Å²) < 4.78 is 0. The number of hydrogen-bond donors (Lipinski definition) is 5. The van der Waals surface area contributed by atoms with Gasteiger partial charge in [0.15, 0.2) is 0 Å². The molecule has 140 valence electrons. The van der Waals surface area contributed by atoms with Crippen molar-refractivity contribution in [3.05, 3.63) is 58.5 Å². The van der Waals surface area contributed by atoms with Gasteiger partial charge in [-0.2, -0.15) is 0 Å². The third-order valence-electron chi connectivity index (χ3n) is 5.12. The van der Waals surface area contributed by atoms with E-state index in [1.54, 1.807) is 6.07 Å². The van der Waals surface area contributed by atoms with E-state index in [1.807, 2.05) is 30.3 Å². The van der Waals surface area contributed by atoms with Crippen LogP contribution in [0.4, 0.5) is 10.6 Å². The first-order valence-corrected chi connectivity index (χ1v) is 8.96. The summed E-state index contributed by atoms with van der Waals surface area (Å²) in [5, 5.41) is 22.3. The Labute approximate surface area is 155 Å². The van der Waals surface area contributed by atoms with E-state index in [9.17, 15) is 14.7 Å². The number of carbonyl (C=O) groups excluding carboxylic acids is 1. The molecule has 0 spiro atoms. The van der Waals surface area contributed by atoms with Crippen molar-refractivity contribution in [2.24, 2.45) is 0 Å². The van der Waals surface area contributed by atoms with Crippen molar-refractivity contribution in [3.63, 3.8) is 0 Å². The maximum atomic E-state index is 12.6. The van der Waals surface area contributed by atoms with Gasteiger partial charge in [-0.05, 0) is 18.4 Å². The van der Waals surface area contributed by atoms with Gasteiger partial charge in [-0.15, -0.1) is 0 Å². The molecule has 1 aromatic carbocycles. The molecule has 4 rings (SSSR count). The molecule has 2 amide bonds. The highest BCUT2D eigenvalue weighted by Crippen LogP contribution is 2.39. The number of fused-ring (bicyclic) bond motifs is 1. The van der Waals surface area contributed by atoms with E-state index >= 15 is 0 Å². The Morgan fingerprint density at radius 3 is 2.67 bits per heavy atom. The number of nitrogens with one attached hydrogen (secondary N) is 4. The van der Waals surface area contributed by atoms with Crippen LogP contribution in [-0.2, 0) is 0 Å². The average Bonchev–Trinajstić information content (AvgIpc) is 3.27. The quantitative estimate of drug-likeness (QED) is 0.486. The molecule has 0 bridgehead atoms. The zero-order valence-corrected chi connectivity index (χ0v) is 14.7. The van der Waals surface area contributed by atoms with Gasteiger partial charge in [-0.25, -0.2) is 9.78 Å². The van der Waals surface area contributed by atoms with E-state index in [1.165, 1.54) is 6.20 Å². The van der Waals surface area contributed by atoms with Crippen LogP contribution in [0.15, 0.2) is 47.4 Å². The average molecular weight is 367 g/mol. The van der Waals surface area contributed by atoms with Crippen LogP contribution >= 0.6 is 0 Å². The molecule has 2 heterocycles. The minimum absolute atomic E-state index is 0.263. The predicted octanol–water partition coefficient (Wildman–Crippen LogP) is 2.42. The molecule has 3 aromatic rings. The van der Waals surface area contributed by atoms with Crippen molar-refractivity contribution in [1.29, 1.82) is 0 Å². The third kappa shape index (κ3) is 3.43. The number of urea groups is 1. The number of nitrogens with zero attached hydrogens (tertiary/aromatic N) is 1. The van der Waals surface area contributed by atoms with E-state index in [4.69, 9.17) is 0 Å². The second kappa shape index (κ2) is 6.88. The summed E-state index contributed by atoms with van der Waals surface area (Å²) in [5.41, 5.74) is 0.179. The number of aromatic amines is 2. The topological polar surface area (TPSA) is 123 Å². The fourth-order valence-corrected chi connectivity index (χ4v) is 3.73. The predicted molar refractivity (Wildman–Crippen MR) is 101 cm³/mol. The van der Waals surface area contributed by atoms with Gasteiger partial charge in [-0.1, -0.05) is 43.2 Å². The molecule has 5 N–H and O–H groups in total. The summed E-state index contributed by atoms with van der Waals surface area (Å²) >= 11 is 0. The lowest BCUT2D eigenvalue weighted by molar-refractivity contribution is 0.0113. The Balaban J connectivity index is 1.55. The third-order valence-corrected chi connectivity index (χ3v) is 5.12. The number of aromatic nitrogens is 3. The van der Waals surface area contributed by atoms with Crippen molar-refractivity contribution < 1.29 is 9.90 Å².